The van der Waals surface area contributed by atoms with Crippen LogP contribution in [0.2, 0.25) is 0 Å². The minimum absolute atomic E-state index is 0.0986. The molecule has 0 fully saturated rings. The third-order valence-corrected chi connectivity index (χ3v) is 5.82. The number of hydrogen-bond acceptors (Lipinski definition) is 6. The van der Waals surface area contributed by atoms with Crippen LogP contribution in [0, 0.1) is 24.4 Å². The largest absolute Gasteiger partial charge is 0.442 e. The Morgan fingerprint density at radius 2 is 1.88 bits per heavy atom. The number of nitrogens with zero attached hydrogens (tertiary/aromatic N) is 4. The molecule has 0 aliphatic heterocycles. The SMILES string of the molecule is Cc1nc([C@@H](C)O)sc1Oc1ccc(-n2ncn(Cc3c(F)cccc3F)c2=O)cc1F. The molecule has 0 saturated heterocycles. The first-order valence-electron chi connectivity index (χ1n) is 9.45. The molecular formula is C21H17F3N4O3S. The lowest BCUT2D eigenvalue weighted by Crippen LogP contribution is -2.24. The first-order chi connectivity index (χ1) is 15.2. The first-order valence-corrected chi connectivity index (χ1v) is 10.3. The number of aromatic nitrogens is 4. The molecule has 0 saturated carbocycles. The fourth-order valence-electron chi connectivity index (χ4n) is 2.95. The number of rotatable bonds is 6. The van der Waals surface area contributed by atoms with Gasteiger partial charge in [-0.1, -0.05) is 17.4 Å². The first kappa shape index (κ1) is 21.8. The smallest absolute Gasteiger partial charge is 0.350 e. The lowest BCUT2D eigenvalue weighted by Gasteiger charge is -2.07. The Morgan fingerprint density at radius 1 is 1.16 bits per heavy atom. The Balaban J connectivity index is 1.59. The predicted octanol–water partition coefficient (Wildman–Crippen LogP) is 4.11. The van der Waals surface area contributed by atoms with Crippen LogP contribution in [-0.4, -0.2) is 24.4 Å². The Hall–Kier alpha value is -3.44. The van der Waals surface area contributed by atoms with Crippen molar-refractivity contribution in [2.45, 2.75) is 26.5 Å². The topological polar surface area (TPSA) is 82.2 Å². The van der Waals surface area contributed by atoms with Crippen molar-refractivity contribution in [3.63, 3.8) is 0 Å². The summed E-state index contributed by atoms with van der Waals surface area (Å²) in [5.41, 5.74) is -0.357. The van der Waals surface area contributed by atoms with Crippen molar-refractivity contribution in [2.75, 3.05) is 0 Å². The van der Waals surface area contributed by atoms with Crippen molar-refractivity contribution in [3.05, 3.63) is 86.9 Å². The molecule has 0 amide bonds. The van der Waals surface area contributed by atoms with Crippen LogP contribution < -0.4 is 10.4 Å². The van der Waals surface area contributed by atoms with Crippen LogP contribution in [0.1, 0.15) is 29.3 Å². The van der Waals surface area contributed by atoms with Crippen LogP contribution in [0.4, 0.5) is 13.2 Å². The zero-order valence-corrected chi connectivity index (χ0v) is 17.7. The van der Waals surface area contributed by atoms with Crippen LogP contribution in [0.15, 0.2) is 47.5 Å². The van der Waals surface area contributed by atoms with Gasteiger partial charge in [0.2, 0.25) is 5.06 Å². The van der Waals surface area contributed by atoms with Crippen molar-refractivity contribution in [1.82, 2.24) is 19.3 Å². The molecule has 32 heavy (non-hydrogen) atoms. The van der Waals surface area contributed by atoms with Gasteiger partial charge in [0.05, 0.1) is 17.9 Å². The van der Waals surface area contributed by atoms with E-state index in [1.165, 1.54) is 18.2 Å². The summed E-state index contributed by atoms with van der Waals surface area (Å²) in [6, 6.07) is 7.23. The van der Waals surface area contributed by atoms with Gasteiger partial charge in [-0.2, -0.15) is 9.78 Å². The highest BCUT2D eigenvalue weighted by atomic mass is 32.1. The third kappa shape index (κ3) is 4.16. The monoisotopic (exact) mass is 462 g/mol. The summed E-state index contributed by atoms with van der Waals surface area (Å²) in [6.07, 6.45) is 0.345. The quantitative estimate of drug-likeness (QED) is 0.466. The molecule has 0 radical (unpaired) electrons. The molecule has 0 spiro atoms. The van der Waals surface area contributed by atoms with Crippen LogP contribution in [0.25, 0.3) is 5.69 Å². The van der Waals surface area contributed by atoms with Crippen LogP contribution >= 0.6 is 11.3 Å². The van der Waals surface area contributed by atoms with Crippen LogP contribution in [0.5, 0.6) is 10.8 Å². The van der Waals surface area contributed by atoms with E-state index in [0.717, 1.165) is 45.1 Å². The van der Waals surface area contributed by atoms with E-state index in [0.29, 0.717) is 15.8 Å². The molecule has 166 valence electrons. The highest BCUT2D eigenvalue weighted by Crippen LogP contribution is 2.35. The zero-order chi connectivity index (χ0) is 23.0. The van der Waals surface area contributed by atoms with Crippen molar-refractivity contribution in [3.8, 4) is 16.5 Å². The van der Waals surface area contributed by atoms with Gasteiger partial charge in [-0.05, 0) is 38.1 Å². The van der Waals surface area contributed by atoms with E-state index in [2.05, 4.69) is 10.1 Å². The second-order valence-electron chi connectivity index (χ2n) is 6.97. The normalized spacial score (nSPS) is 12.2. The molecule has 7 nitrogen and oxygen atoms in total. The van der Waals surface area contributed by atoms with Gasteiger partial charge >= 0.3 is 5.69 Å². The summed E-state index contributed by atoms with van der Waals surface area (Å²) >= 11 is 1.10. The Kier molecular flexibility index (Phi) is 5.85. The van der Waals surface area contributed by atoms with Gasteiger partial charge < -0.3 is 9.84 Å². The maximum Gasteiger partial charge on any atom is 0.350 e. The second-order valence-corrected chi connectivity index (χ2v) is 7.96. The summed E-state index contributed by atoms with van der Waals surface area (Å²) in [5.74, 6) is -2.42. The van der Waals surface area contributed by atoms with Crippen LogP contribution in [0.3, 0.4) is 0 Å². The van der Waals surface area contributed by atoms with Crippen molar-refractivity contribution < 1.29 is 23.0 Å². The van der Waals surface area contributed by atoms with Crippen molar-refractivity contribution in [1.29, 1.82) is 0 Å². The molecule has 2 aromatic heterocycles. The number of thiazole rings is 1. The maximum atomic E-state index is 14.7. The highest BCUT2D eigenvalue weighted by molar-refractivity contribution is 7.13. The van der Waals surface area contributed by atoms with Gasteiger partial charge in [0.25, 0.3) is 0 Å². The number of ether oxygens (including phenoxy) is 1. The number of hydrogen-bond donors (Lipinski definition) is 1. The number of aryl methyl sites for hydroxylation is 1. The highest BCUT2D eigenvalue weighted by Gasteiger charge is 2.17. The van der Waals surface area contributed by atoms with E-state index < -0.39 is 29.2 Å². The fraction of sp³-hybridized carbons (Fsp3) is 0.190. The van der Waals surface area contributed by atoms with Gasteiger partial charge in [0.15, 0.2) is 11.6 Å². The van der Waals surface area contributed by atoms with E-state index >= 15 is 0 Å². The molecule has 4 rings (SSSR count). The average Bonchev–Trinajstić information content (AvgIpc) is 3.29. The van der Waals surface area contributed by atoms with E-state index in [4.69, 9.17) is 4.74 Å². The molecule has 0 aliphatic rings. The standard InChI is InChI=1S/C21H17F3N4O3S/c1-11-20(32-19(26-11)12(2)29)31-18-7-6-13(8-17(18)24)28-21(30)27(10-25-28)9-14-15(22)4-3-5-16(14)23/h3-8,10,12,29H,9H2,1-2H3/t12-/m1/s1. The lowest BCUT2D eigenvalue weighted by atomic mass is 10.2. The molecule has 11 heteroatoms. The Bertz CT molecular complexity index is 1330. The van der Waals surface area contributed by atoms with E-state index in [-0.39, 0.29) is 23.5 Å². The molecule has 0 unspecified atom stereocenters. The van der Waals surface area contributed by atoms with E-state index in [1.807, 2.05) is 0 Å². The summed E-state index contributed by atoms with van der Waals surface area (Å²) in [7, 11) is 0. The van der Waals surface area contributed by atoms with E-state index in [9.17, 15) is 23.1 Å². The average molecular weight is 462 g/mol. The Morgan fingerprint density at radius 3 is 2.50 bits per heavy atom. The van der Waals surface area contributed by atoms with Crippen LogP contribution in [-0.2, 0) is 6.54 Å². The third-order valence-electron chi connectivity index (χ3n) is 4.61. The van der Waals surface area contributed by atoms with Gasteiger partial charge in [-0.25, -0.2) is 22.9 Å². The molecule has 0 aliphatic carbocycles. The molecule has 2 heterocycles. The predicted molar refractivity (Wildman–Crippen MR) is 111 cm³/mol. The van der Waals surface area contributed by atoms with Crippen molar-refractivity contribution >= 4 is 11.3 Å². The zero-order valence-electron chi connectivity index (χ0n) is 16.9. The number of aliphatic hydroxyl groups excluding tert-OH is 1. The molecule has 2 aromatic carbocycles. The molecular weight excluding hydrogens is 445 g/mol. The van der Waals surface area contributed by atoms with Gasteiger partial charge in [0.1, 0.15) is 29.1 Å². The minimum Gasteiger partial charge on any atom is -0.442 e. The molecule has 1 N–H and O–H groups in total. The second kappa shape index (κ2) is 8.60. The molecule has 1 atom stereocenters. The Labute approximate surface area is 184 Å². The minimum atomic E-state index is -0.783. The lowest BCUT2D eigenvalue weighted by molar-refractivity contribution is 0.198. The summed E-state index contributed by atoms with van der Waals surface area (Å²) in [4.78, 5) is 16.8. The molecule has 0 bridgehead atoms. The fourth-order valence-corrected chi connectivity index (χ4v) is 3.82. The van der Waals surface area contributed by atoms with Gasteiger partial charge in [-0.3, -0.25) is 4.57 Å². The summed E-state index contributed by atoms with van der Waals surface area (Å²) in [5, 5.41) is 14.3. The maximum absolute atomic E-state index is 14.7. The molecule has 4 aromatic rings. The number of aliphatic hydroxyl groups is 1. The number of benzene rings is 2. The summed E-state index contributed by atoms with van der Waals surface area (Å²) < 4.78 is 49.9. The number of halogens is 3. The van der Waals surface area contributed by atoms with Gasteiger partial charge in [-0.15, -0.1) is 0 Å². The van der Waals surface area contributed by atoms with Gasteiger partial charge in [0, 0.05) is 11.6 Å². The summed E-state index contributed by atoms with van der Waals surface area (Å²) in [6.45, 7) is 2.88. The van der Waals surface area contributed by atoms with Crippen molar-refractivity contribution in [2.24, 2.45) is 0 Å². The van der Waals surface area contributed by atoms with E-state index in [1.54, 1.807) is 13.8 Å².